The number of nitrogen functional groups attached to an aromatic ring is 1. The van der Waals surface area contributed by atoms with Gasteiger partial charge in [0.1, 0.15) is 10.8 Å². The van der Waals surface area contributed by atoms with Crippen molar-refractivity contribution in [1.29, 1.82) is 0 Å². The molecule has 1 heterocycles. The Morgan fingerprint density at radius 2 is 2.29 bits per heavy atom. The zero-order valence-electron chi connectivity index (χ0n) is 9.24. The summed E-state index contributed by atoms with van der Waals surface area (Å²) in [4.78, 5) is 16.1. The molecule has 0 spiro atoms. The highest BCUT2D eigenvalue weighted by Crippen LogP contribution is 2.19. The SMILES string of the molecule is Cc1csc(CC(=O)c2cccc(F)c2N)n1. The lowest BCUT2D eigenvalue weighted by Gasteiger charge is -2.03. The summed E-state index contributed by atoms with van der Waals surface area (Å²) in [5.74, 6) is -0.775. The fourth-order valence-electron chi connectivity index (χ4n) is 1.50. The van der Waals surface area contributed by atoms with Gasteiger partial charge in [-0.05, 0) is 19.1 Å². The van der Waals surface area contributed by atoms with Crippen molar-refractivity contribution in [1.82, 2.24) is 4.98 Å². The lowest BCUT2D eigenvalue weighted by molar-refractivity contribution is 0.0993. The molecule has 1 aromatic heterocycles. The van der Waals surface area contributed by atoms with Gasteiger partial charge in [0.05, 0.1) is 12.1 Å². The van der Waals surface area contributed by atoms with Gasteiger partial charge in [-0.25, -0.2) is 9.37 Å². The molecule has 0 saturated carbocycles. The molecule has 0 aliphatic rings. The summed E-state index contributed by atoms with van der Waals surface area (Å²) in [5.41, 5.74) is 6.54. The van der Waals surface area contributed by atoms with E-state index < -0.39 is 5.82 Å². The molecule has 2 rings (SSSR count). The van der Waals surface area contributed by atoms with E-state index in [1.807, 2.05) is 12.3 Å². The second-order valence-corrected chi connectivity index (χ2v) is 4.63. The first-order chi connectivity index (χ1) is 8.08. The van der Waals surface area contributed by atoms with Gasteiger partial charge in [0, 0.05) is 16.6 Å². The number of aromatic nitrogens is 1. The number of carbonyl (C=O) groups excluding carboxylic acids is 1. The van der Waals surface area contributed by atoms with E-state index >= 15 is 0 Å². The molecule has 0 atom stereocenters. The first-order valence-corrected chi connectivity index (χ1v) is 5.94. The molecule has 2 N–H and O–H groups in total. The number of hydrogen-bond acceptors (Lipinski definition) is 4. The molecule has 0 aliphatic carbocycles. The molecule has 0 bridgehead atoms. The number of nitrogens with two attached hydrogens (primary N) is 1. The van der Waals surface area contributed by atoms with Gasteiger partial charge in [0.15, 0.2) is 5.78 Å². The van der Waals surface area contributed by atoms with Crippen molar-refractivity contribution in [2.45, 2.75) is 13.3 Å². The Hall–Kier alpha value is -1.75. The van der Waals surface area contributed by atoms with Crippen molar-refractivity contribution in [3.05, 3.63) is 45.7 Å². The largest absolute Gasteiger partial charge is 0.396 e. The molecule has 1 aromatic carbocycles. The van der Waals surface area contributed by atoms with E-state index in [1.165, 1.54) is 29.5 Å². The van der Waals surface area contributed by atoms with Crippen LogP contribution in [0.15, 0.2) is 23.6 Å². The van der Waals surface area contributed by atoms with Crippen LogP contribution in [0.25, 0.3) is 0 Å². The number of Topliss-reactive ketones (excluding diaryl/α,β-unsaturated/α-hetero) is 1. The summed E-state index contributed by atoms with van der Waals surface area (Å²) >= 11 is 1.42. The third-order valence-corrected chi connectivity index (χ3v) is 3.30. The summed E-state index contributed by atoms with van der Waals surface area (Å²) in [6, 6.07) is 4.24. The van der Waals surface area contributed by atoms with E-state index in [4.69, 9.17) is 5.73 Å². The molecule has 0 aliphatic heterocycles. The van der Waals surface area contributed by atoms with Crippen LogP contribution < -0.4 is 5.73 Å². The van der Waals surface area contributed by atoms with Crippen LogP contribution in [0, 0.1) is 12.7 Å². The van der Waals surface area contributed by atoms with E-state index in [2.05, 4.69) is 4.98 Å². The van der Waals surface area contributed by atoms with Crippen LogP contribution in [0.5, 0.6) is 0 Å². The maximum atomic E-state index is 13.2. The van der Waals surface area contributed by atoms with Crippen molar-refractivity contribution >= 4 is 22.8 Å². The van der Waals surface area contributed by atoms with Gasteiger partial charge in [0.2, 0.25) is 0 Å². The minimum atomic E-state index is -0.564. The first kappa shape index (κ1) is 11.7. The molecule has 17 heavy (non-hydrogen) atoms. The molecule has 3 nitrogen and oxygen atoms in total. The number of rotatable bonds is 3. The van der Waals surface area contributed by atoms with Crippen LogP contribution >= 0.6 is 11.3 Å². The number of thiazole rings is 1. The Morgan fingerprint density at radius 3 is 2.94 bits per heavy atom. The van der Waals surface area contributed by atoms with Gasteiger partial charge in [-0.3, -0.25) is 4.79 Å². The number of anilines is 1. The summed E-state index contributed by atoms with van der Waals surface area (Å²) in [6.45, 7) is 1.86. The van der Waals surface area contributed by atoms with Gasteiger partial charge >= 0.3 is 0 Å². The van der Waals surface area contributed by atoms with Crippen molar-refractivity contribution in [2.24, 2.45) is 0 Å². The molecule has 5 heteroatoms. The number of benzene rings is 1. The number of aryl methyl sites for hydroxylation is 1. The molecule has 0 fully saturated rings. The topological polar surface area (TPSA) is 56.0 Å². The van der Waals surface area contributed by atoms with E-state index in [9.17, 15) is 9.18 Å². The molecule has 0 amide bonds. The number of hydrogen-bond donors (Lipinski definition) is 1. The number of para-hydroxylation sites is 1. The minimum absolute atomic E-state index is 0.0919. The van der Waals surface area contributed by atoms with E-state index in [-0.39, 0.29) is 23.5 Å². The van der Waals surface area contributed by atoms with Crippen LogP contribution in [0.1, 0.15) is 21.1 Å². The maximum Gasteiger partial charge on any atom is 0.171 e. The van der Waals surface area contributed by atoms with Gasteiger partial charge in [-0.2, -0.15) is 0 Å². The zero-order chi connectivity index (χ0) is 12.4. The Balaban J connectivity index is 2.23. The van der Waals surface area contributed by atoms with Crippen LogP contribution in [0.4, 0.5) is 10.1 Å². The highest BCUT2D eigenvalue weighted by molar-refractivity contribution is 7.09. The second-order valence-electron chi connectivity index (χ2n) is 3.68. The average molecular weight is 250 g/mol. The fourth-order valence-corrected chi connectivity index (χ4v) is 2.27. The standard InChI is InChI=1S/C12H11FN2OS/c1-7-6-17-11(15-7)5-10(16)8-3-2-4-9(13)12(8)14/h2-4,6H,5,14H2,1H3. The number of carbonyl (C=O) groups is 1. The number of nitrogens with zero attached hydrogens (tertiary/aromatic N) is 1. The van der Waals surface area contributed by atoms with Gasteiger partial charge < -0.3 is 5.73 Å². The predicted octanol–water partition coefficient (Wildman–Crippen LogP) is 2.60. The predicted molar refractivity (Wildman–Crippen MR) is 65.7 cm³/mol. The quantitative estimate of drug-likeness (QED) is 0.673. The Bertz CT molecular complexity index is 565. The summed E-state index contributed by atoms with van der Waals surface area (Å²) < 4.78 is 13.2. The molecule has 2 aromatic rings. The van der Waals surface area contributed by atoms with E-state index in [1.54, 1.807) is 0 Å². The summed E-state index contributed by atoms with van der Waals surface area (Å²) in [6.07, 6.45) is 0.159. The number of halogens is 1. The lowest BCUT2D eigenvalue weighted by Crippen LogP contribution is -2.08. The van der Waals surface area contributed by atoms with Crippen molar-refractivity contribution in [3.8, 4) is 0 Å². The van der Waals surface area contributed by atoms with Gasteiger partial charge in [-0.1, -0.05) is 6.07 Å². The summed E-state index contributed by atoms with van der Waals surface area (Å²) in [7, 11) is 0. The molecular formula is C12H11FN2OS. The summed E-state index contributed by atoms with van der Waals surface area (Å²) in [5, 5.41) is 2.59. The zero-order valence-corrected chi connectivity index (χ0v) is 10.1. The Morgan fingerprint density at radius 1 is 1.53 bits per heavy atom. The lowest BCUT2D eigenvalue weighted by atomic mass is 10.1. The Kier molecular flexibility index (Phi) is 3.19. The molecule has 0 unspecified atom stereocenters. The Labute approximate surface area is 102 Å². The van der Waals surface area contributed by atoms with Crippen molar-refractivity contribution < 1.29 is 9.18 Å². The van der Waals surface area contributed by atoms with Crippen LogP contribution in [-0.2, 0) is 6.42 Å². The molecule has 0 radical (unpaired) electrons. The second kappa shape index (κ2) is 4.63. The smallest absolute Gasteiger partial charge is 0.171 e. The normalized spacial score (nSPS) is 10.5. The van der Waals surface area contributed by atoms with Crippen LogP contribution in [0.2, 0.25) is 0 Å². The van der Waals surface area contributed by atoms with Crippen LogP contribution in [0.3, 0.4) is 0 Å². The van der Waals surface area contributed by atoms with Crippen molar-refractivity contribution in [2.75, 3.05) is 5.73 Å². The van der Waals surface area contributed by atoms with Gasteiger partial charge in [0.25, 0.3) is 0 Å². The minimum Gasteiger partial charge on any atom is -0.396 e. The van der Waals surface area contributed by atoms with Gasteiger partial charge in [-0.15, -0.1) is 11.3 Å². The number of ketones is 1. The van der Waals surface area contributed by atoms with Crippen molar-refractivity contribution in [3.63, 3.8) is 0 Å². The monoisotopic (exact) mass is 250 g/mol. The fraction of sp³-hybridized carbons (Fsp3) is 0.167. The highest BCUT2D eigenvalue weighted by Gasteiger charge is 2.14. The van der Waals surface area contributed by atoms with E-state index in [0.29, 0.717) is 0 Å². The highest BCUT2D eigenvalue weighted by atomic mass is 32.1. The van der Waals surface area contributed by atoms with Crippen LogP contribution in [-0.4, -0.2) is 10.8 Å². The molecular weight excluding hydrogens is 239 g/mol. The maximum absolute atomic E-state index is 13.2. The average Bonchev–Trinajstić information content (AvgIpc) is 2.68. The molecule has 88 valence electrons. The third-order valence-electron chi connectivity index (χ3n) is 2.33. The van der Waals surface area contributed by atoms with E-state index in [0.717, 1.165) is 10.7 Å². The molecule has 0 saturated heterocycles. The first-order valence-electron chi connectivity index (χ1n) is 5.06. The third kappa shape index (κ3) is 2.50.